The molecule has 0 unspecified atom stereocenters. The van der Waals surface area contributed by atoms with E-state index in [4.69, 9.17) is 13.9 Å². The van der Waals surface area contributed by atoms with Gasteiger partial charge in [-0.05, 0) is 49.4 Å². The summed E-state index contributed by atoms with van der Waals surface area (Å²) in [4.78, 5) is 12.1. The van der Waals surface area contributed by atoms with E-state index < -0.39 is 0 Å². The highest BCUT2D eigenvalue weighted by Crippen LogP contribution is 2.32. The fourth-order valence-corrected chi connectivity index (χ4v) is 3.50. The fraction of sp³-hybridized carbons (Fsp3) is 0.238. The molecule has 0 bridgehead atoms. The van der Waals surface area contributed by atoms with Crippen LogP contribution in [0.1, 0.15) is 12.7 Å². The first-order chi connectivity index (χ1) is 15.2. The van der Waals surface area contributed by atoms with Crippen molar-refractivity contribution in [2.24, 2.45) is 5.10 Å². The number of allylic oxidation sites excluding steroid dienone is 1. The van der Waals surface area contributed by atoms with E-state index in [0.29, 0.717) is 34.8 Å². The molecule has 9 nitrogen and oxygen atoms in total. The van der Waals surface area contributed by atoms with Crippen LogP contribution in [-0.4, -0.2) is 46.9 Å². The molecule has 3 aromatic rings. The van der Waals surface area contributed by atoms with E-state index in [1.54, 1.807) is 38.7 Å². The van der Waals surface area contributed by atoms with E-state index in [-0.39, 0.29) is 11.7 Å². The second-order valence-corrected chi connectivity index (χ2v) is 7.04. The minimum absolute atomic E-state index is 0.156. The molecule has 31 heavy (non-hydrogen) atoms. The highest BCUT2D eigenvalue weighted by Gasteiger charge is 2.16. The summed E-state index contributed by atoms with van der Waals surface area (Å²) in [6, 6.07) is 9.17. The van der Waals surface area contributed by atoms with Crippen LogP contribution in [0.3, 0.4) is 0 Å². The zero-order chi connectivity index (χ0) is 22.1. The molecule has 1 amide bonds. The molecule has 0 aliphatic carbocycles. The van der Waals surface area contributed by atoms with Gasteiger partial charge in [0, 0.05) is 18.3 Å². The molecule has 0 aliphatic rings. The van der Waals surface area contributed by atoms with Crippen molar-refractivity contribution in [1.29, 1.82) is 0 Å². The average molecular weight is 442 g/mol. The van der Waals surface area contributed by atoms with E-state index >= 15 is 0 Å². The van der Waals surface area contributed by atoms with Crippen LogP contribution in [0.15, 0.2) is 57.3 Å². The lowest BCUT2D eigenvalue weighted by Gasteiger charge is -2.10. The molecule has 1 aromatic carbocycles. The molecule has 162 valence electrons. The molecule has 0 fully saturated rings. The summed E-state index contributed by atoms with van der Waals surface area (Å²) in [5, 5.41) is 13.1. The molecule has 1 N–H and O–H groups in total. The Hall–Kier alpha value is -3.53. The first-order valence-electron chi connectivity index (χ1n) is 9.46. The van der Waals surface area contributed by atoms with Gasteiger partial charge in [0.05, 0.1) is 26.2 Å². The second kappa shape index (κ2) is 11.0. The zero-order valence-corrected chi connectivity index (χ0v) is 18.3. The maximum atomic E-state index is 12.1. The summed E-state index contributed by atoms with van der Waals surface area (Å²) in [6.45, 7) is 2.64. The van der Waals surface area contributed by atoms with E-state index in [9.17, 15) is 4.79 Å². The second-order valence-electron chi connectivity index (χ2n) is 6.10. The van der Waals surface area contributed by atoms with Gasteiger partial charge in [0.15, 0.2) is 22.5 Å². The quantitative estimate of drug-likeness (QED) is 0.292. The Bertz CT molecular complexity index is 1060. The first kappa shape index (κ1) is 22.2. The van der Waals surface area contributed by atoms with Crippen LogP contribution in [0.2, 0.25) is 0 Å². The van der Waals surface area contributed by atoms with Gasteiger partial charge in [-0.2, -0.15) is 5.10 Å². The van der Waals surface area contributed by atoms with E-state index in [1.165, 1.54) is 18.0 Å². The number of amides is 1. The number of nitrogens with zero attached hydrogens (tertiary/aromatic N) is 4. The number of hydrogen-bond donors (Lipinski definition) is 1. The monoisotopic (exact) mass is 441 g/mol. The maximum absolute atomic E-state index is 12.1. The van der Waals surface area contributed by atoms with Crippen molar-refractivity contribution in [1.82, 2.24) is 20.2 Å². The lowest BCUT2D eigenvalue weighted by atomic mass is 10.2. The number of methoxy groups -OCH3 is 2. The molecule has 0 aliphatic heterocycles. The van der Waals surface area contributed by atoms with Gasteiger partial charge in [-0.1, -0.05) is 11.8 Å². The number of rotatable bonds is 10. The number of aromatic nitrogens is 3. The Kier molecular flexibility index (Phi) is 7.88. The van der Waals surface area contributed by atoms with Gasteiger partial charge in [-0.15, -0.1) is 10.2 Å². The molecule has 0 spiro atoms. The van der Waals surface area contributed by atoms with E-state index in [0.717, 1.165) is 5.56 Å². The first-order valence-corrected chi connectivity index (χ1v) is 10.4. The Labute approximate surface area is 184 Å². The van der Waals surface area contributed by atoms with Gasteiger partial charge in [-0.25, -0.2) is 5.43 Å². The summed E-state index contributed by atoms with van der Waals surface area (Å²) in [5.41, 5.74) is 3.32. The number of furan rings is 1. The third kappa shape index (κ3) is 5.76. The number of carbonyl (C=O) groups is 1. The van der Waals surface area contributed by atoms with E-state index in [1.807, 2.05) is 35.8 Å². The Morgan fingerprint density at radius 3 is 2.81 bits per heavy atom. The summed E-state index contributed by atoms with van der Waals surface area (Å²) < 4.78 is 17.8. The number of hydrazone groups is 1. The van der Waals surface area contributed by atoms with Crippen LogP contribution in [0.25, 0.3) is 17.5 Å². The van der Waals surface area contributed by atoms with Crippen molar-refractivity contribution in [3.05, 3.63) is 48.4 Å². The Balaban J connectivity index is 1.60. The third-order valence-electron chi connectivity index (χ3n) is 4.16. The summed E-state index contributed by atoms with van der Waals surface area (Å²) in [5.74, 6) is 2.55. The molecule has 2 heterocycles. The molecule has 0 saturated heterocycles. The molecule has 0 radical (unpaired) electrons. The Morgan fingerprint density at radius 2 is 2.10 bits per heavy atom. The van der Waals surface area contributed by atoms with Crippen LogP contribution >= 0.6 is 11.8 Å². The molecule has 2 aromatic heterocycles. The van der Waals surface area contributed by atoms with Crippen molar-refractivity contribution < 1.29 is 18.7 Å². The van der Waals surface area contributed by atoms with Crippen LogP contribution in [0, 0.1) is 0 Å². The van der Waals surface area contributed by atoms with Gasteiger partial charge in [0.2, 0.25) is 0 Å². The van der Waals surface area contributed by atoms with Crippen LogP contribution < -0.4 is 14.9 Å². The van der Waals surface area contributed by atoms with Gasteiger partial charge < -0.3 is 18.5 Å². The lowest BCUT2D eigenvalue weighted by molar-refractivity contribution is -0.118. The van der Waals surface area contributed by atoms with Crippen LogP contribution in [-0.2, 0) is 11.3 Å². The molecule has 10 heteroatoms. The van der Waals surface area contributed by atoms with E-state index in [2.05, 4.69) is 20.7 Å². The highest BCUT2D eigenvalue weighted by atomic mass is 32.2. The number of carbonyl (C=O) groups excluding carboxylic acids is 1. The number of benzene rings is 1. The molecule has 3 rings (SSSR count). The number of nitrogens with one attached hydrogen (secondary N) is 1. The highest BCUT2D eigenvalue weighted by molar-refractivity contribution is 7.99. The molecular weight excluding hydrogens is 418 g/mol. The lowest BCUT2D eigenvalue weighted by Crippen LogP contribution is -2.19. The summed E-state index contributed by atoms with van der Waals surface area (Å²) in [7, 11) is 3.17. The van der Waals surface area contributed by atoms with Crippen LogP contribution in [0.4, 0.5) is 0 Å². The van der Waals surface area contributed by atoms with Crippen molar-refractivity contribution in [3.8, 4) is 22.9 Å². The third-order valence-corrected chi connectivity index (χ3v) is 5.13. The smallest absolute Gasteiger partial charge is 0.250 e. The van der Waals surface area contributed by atoms with Crippen molar-refractivity contribution in [3.63, 3.8) is 0 Å². The Morgan fingerprint density at radius 1 is 1.26 bits per heavy atom. The molecule has 0 saturated carbocycles. The standard InChI is InChI=1S/C21H23N5O4S/c1-4-26-20(15-9-10-17(28-2)18(13-15)29-3)24-25-21(26)31-14-19(27)23-22-11-5-7-16-8-6-12-30-16/h5-13H,4,14H2,1-3H3,(H,23,27). The maximum Gasteiger partial charge on any atom is 0.250 e. The fourth-order valence-electron chi connectivity index (χ4n) is 2.71. The number of thioether (sulfide) groups is 1. The average Bonchev–Trinajstić information content (AvgIpc) is 3.46. The summed E-state index contributed by atoms with van der Waals surface area (Å²) >= 11 is 1.29. The minimum atomic E-state index is -0.244. The van der Waals surface area contributed by atoms with Crippen molar-refractivity contribution >= 4 is 30.0 Å². The largest absolute Gasteiger partial charge is 0.493 e. The zero-order valence-electron chi connectivity index (χ0n) is 17.4. The van der Waals surface area contributed by atoms with Crippen molar-refractivity contribution in [2.45, 2.75) is 18.6 Å². The SMILES string of the molecule is CCn1c(SCC(=O)NN=CC=Cc2ccco2)nnc1-c1ccc(OC)c(OC)c1. The summed E-state index contributed by atoms with van der Waals surface area (Å²) in [6.07, 6.45) is 6.48. The number of hydrogen-bond acceptors (Lipinski definition) is 8. The molecule has 0 atom stereocenters. The van der Waals surface area contributed by atoms with Gasteiger partial charge in [0.1, 0.15) is 5.76 Å². The van der Waals surface area contributed by atoms with Crippen molar-refractivity contribution in [2.75, 3.05) is 20.0 Å². The van der Waals surface area contributed by atoms with Crippen LogP contribution in [0.5, 0.6) is 11.5 Å². The van der Waals surface area contributed by atoms with Gasteiger partial charge >= 0.3 is 0 Å². The van der Waals surface area contributed by atoms with Gasteiger partial charge in [-0.3, -0.25) is 4.79 Å². The minimum Gasteiger partial charge on any atom is -0.493 e. The number of ether oxygens (including phenoxy) is 2. The topological polar surface area (TPSA) is 104 Å². The predicted octanol–water partition coefficient (Wildman–Crippen LogP) is 3.48. The normalized spacial score (nSPS) is 11.3. The van der Waals surface area contributed by atoms with Gasteiger partial charge in [0.25, 0.3) is 5.91 Å². The predicted molar refractivity (Wildman–Crippen MR) is 119 cm³/mol. The molecular formula is C21H23N5O4S.